The number of thioether (sulfide) groups is 1. The first kappa shape index (κ1) is 27.1. The summed E-state index contributed by atoms with van der Waals surface area (Å²) >= 11 is 1.57. The quantitative estimate of drug-likeness (QED) is 0.249. The molecule has 1 amide bonds. The number of ether oxygens (including phenoxy) is 2. The van der Waals surface area contributed by atoms with Gasteiger partial charge in [0.1, 0.15) is 6.33 Å². The second-order valence-corrected chi connectivity index (χ2v) is 10.7. The molecule has 1 aliphatic rings. The van der Waals surface area contributed by atoms with Crippen LogP contribution in [0.4, 0.5) is 0 Å². The number of carbonyl (C=O) groups excluding carboxylic acids is 1. The summed E-state index contributed by atoms with van der Waals surface area (Å²) in [6, 6.07) is 24.3. The zero-order valence-electron chi connectivity index (χ0n) is 21.9. The molecule has 1 saturated heterocycles. The number of benzene rings is 3. The highest BCUT2D eigenvalue weighted by Gasteiger charge is 2.38. The molecule has 8 nitrogen and oxygen atoms in total. The molecule has 5 rings (SSSR count). The Kier molecular flexibility index (Phi) is 8.73. The Morgan fingerprint density at radius 1 is 1.00 bits per heavy atom. The molecule has 39 heavy (non-hydrogen) atoms. The first-order valence-corrected chi connectivity index (χ1v) is 13.9. The minimum Gasteiger partial charge on any atom is -0.392 e. The van der Waals surface area contributed by atoms with Gasteiger partial charge in [-0.1, -0.05) is 79.3 Å². The molecule has 3 aromatic carbocycles. The van der Waals surface area contributed by atoms with Gasteiger partial charge in [-0.25, -0.2) is 4.98 Å². The number of nitrogens with zero attached hydrogens (tertiary/aromatic N) is 2. The molecule has 2 heterocycles. The number of nitrogens with one attached hydrogen (secondary N) is 2. The number of aromatic amines is 1. The van der Waals surface area contributed by atoms with Crippen molar-refractivity contribution in [3.8, 4) is 11.1 Å². The van der Waals surface area contributed by atoms with Crippen LogP contribution < -0.4 is 5.32 Å². The molecule has 9 heteroatoms. The Balaban J connectivity index is 1.41. The van der Waals surface area contributed by atoms with Gasteiger partial charge in [0.05, 0.1) is 18.8 Å². The second-order valence-electron chi connectivity index (χ2n) is 9.66. The monoisotopic (exact) mass is 544 g/mol. The number of hydrogen-bond donors (Lipinski definition) is 3. The normalized spacial score (nSPS) is 21.0. The van der Waals surface area contributed by atoms with Crippen molar-refractivity contribution in [2.24, 2.45) is 5.92 Å². The maximum atomic E-state index is 11.4. The van der Waals surface area contributed by atoms with Crippen LogP contribution in [0.5, 0.6) is 0 Å². The smallest absolute Gasteiger partial charge is 0.217 e. The van der Waals surface area contributed by atoms with Crippen LogP contribution in [0.3, 0.4) is 0 Å². The van der Waals surface area contributed by atoms with Gasteiger partial charge in [0.2, 0.25) is 5.91 Å². The van der Waals surface area contributed by atoms with Gasteiger partial charge in [-0.15, -0.1) is 0 Å². The molecule has 0 bridgehead atoms. The number of aliphatic hydroxyl groups excluding tert-OH is 1. The number of H-pyrrole nitrogens is 1. The summed E-state index contributed by atoms with van der Waals surface area (Å²) in [5, 5.41) is 19.9. The lowest BCUT2D eigenvalue weighted by Gasteiger charge is -2.41. The Labute approximate surface area is 232 Å². The van der Waals surface area contributed by atoms with Crippen LogP contribution in [0, 0.1) is 5.92 Å². The van der Waals surface area contributed by atoms with Crippen LogP contribution in [-0.2, 0) is 27.4 Å². The standard InChI is InChI=1S/C30H32N4O4S/c1-19-27(17-39-30-32-18-33-34-30)37-29(38-28(19)23-11-9-21(16-35)10-12-23)26-8-4-7-25(14-26)24-6-3-5-22(13-24)15-31-20(2)36/h3-14,18-19,27-29,35H,15-17H2,1-2H3,(H,31,36)(H,32,33,34). The molecule has 4 unspecified atom stereocenters. The molecule has 0 aliphatic carbocycles. The summed E-state index contributed by atoms with van der Waals surface area (Å²) in [4.78, 5) is 15.6. The number of rotatable bonds is 9. The van der Waals surface area contributed by atoms with E-state index in [1.807, 2.05) is 48.5 Å². The molecular formula is C30H32N4O4S. The summed E-state index contributed by atoms with van der Waals surface area (Å²) in [6.07, 6.45) is 0.640. The summed E-state index contributed by atoms with van der Waals surface area (Å²) in [5.41, 5.74) is 5.96. The van der Waals surface area contributed by atoms with Crippen LogP contribution in [-0.4, -0.2) is 38.1 Å². The third-order valence-electron chi connectivity index (χ3n) is 6.86. The van der Waals surface area contributed by atoms with Gasteiger partial charge in [-0.3, -0.25) is 9.89 Å². The highest BCUT2D eigenvalue weighted by molar-refractivity contribution is 7.99. The molecule has 202 valence electrons. The topological polar surface area (TPSA) is 109 Å². The molecule has 0 saturated carbocycles. The fraction of sp³-hybridized carbons (Fsp3) is 0.300. The highest BCUT2D eigenvalue weighted by atomic mass is 32.2. The van der Waals surface area contributed by atoms with Crippen molar-refractivity contribution in [1.29, 1.82) is 0 Å². The van der Waals surface area contributed by atoms with Crippen molar-refractivity contribution in [2.75, 3.05) is 5.75 Å². The Morgan fingerprint density at radius 2 is 1.77 bits per heavy atom. The van der Waals surface area contributed by atoms with E-state index in [1.54, 1.807) is 11.8 Å². The number of aromatic nitrogens is 3. The minimum absolute atomic E-state index is 0.00233. The van der Waals surface area contributed by atoms with E-state index in [0.717, 1.165) is 38.5 Å². The van der Waals surface area contributed by atoms with Gasteiger partial charge in [0.25, 0.3) is 0 Å². The van der Waals surface area contributed by atoms with Crippen LogP contribution in [0.1, 0.15) is 48.5 Å². The SMILES string of the molecule is CC(=O)NCc1cccc(-c2cccc(C3OC(CSc4ncn[nH]4)C(C)C(c4ccc(CO)cc4)O3)c2)c1. The predicted octanol–water partition coefficient (Wildman–Crippen LogP) is 5.18. The van der Waals surface area contributed by atoms with E-state index in [2.05, 4.69) is 51.7 Å². The van der Waals surface area contributed by atoms with Crippen molar-refractivity contribution in [1.82, 2.24) is 20.5 Å². The maximum absolute atomic E-state index is 11.4. The maximum Gasteiger partial charge on any atom is 0.217 e. The summed E-state index contributed by atoms with van der Waals surface area (Å²) in [5.74, 6) is 0.705. The van der Waals surface area contributed by atoms with Crippen LogP contribution in [0.25, 0.3) is 11.1 Å². The Bertz CT molecular complexity index is 1380. The number of aliphatic hydroxyl groups is 1. The van der Waals surface area contributed by atoms with Crippen molar-refractivity contribution < 1.29 is 19.4 Å². The highest BCUT2D eigenvalue weighted by Crippen LogP contribution is 2.43. The largest absolute Gasteiger partial charge is 0.392 e. The Morgan fingerprint density at radius 3 is 2.49 bits per heavy atom. The van der Waals surface area contributed by atoms with E-state index in [4.69, 9.17) is 9.47 Å². The first-order chi connectivity index (χ1) is 19.0. The van der Waals surface area contributed by atoms with E-state index in [9.17, 15) is 9.90 Å². The second kappa shape index (κ2) is 12.6. The minimum atomic E-state index is -0.563. The molecule has 3 N–H and O–H groups in total. The van der Waals surface area contributed by atoms with E-state index in [0.29, 0.717) is 12.3 Å². The number of amides is 1. The van der Waals surface area contributed by atoms with Gasteiger partial charge >= 0.3 is 0 Å². The molecule has 1 aromatic heterocycles. The molecule has 1 aliphatic heterocycles. The van der Waals surface area contributed by atoms with E-state index in [-0.39, 0.29) is 30.6 Å². The zero-order valence-corrected chi connectivity index (χ0v) is 22.7. The fourth-order valence-electron chi connectivity index (χ4n) is 4.69. The van der Waals surface area contributed by atoms with E-state index < -0.39 is 6.29 Å². The lowest BCUT2D eigenvalue weighted by atomic mass is 9.91. The van der Waals surface area contributed by atoms with Crippen molar-refractivity contribution >= 4 is 17.7 Å². The number of carbonyl (C=O) groups is 1. The zero-order chi connectivity index (χ0) is 27.2. The summed E-state index contributed by atoms with van der Waals surface area (Å²) < 4.78 is 13.2. The van der Waals surface area contributed by atoms with Gasteiger partial charge < -0.3 is 19.9 Å². The van der Waals surface area contributed by atoms with E-state index in [1.165, 1.54) is 13.3 Å². The molecular weight excluding hydrogens is 512 g/mol. The van der Waals surface area contributed by atoms with E-state index >= 15 is 0 Å². The summed E-state index contributed by atoms with van der Waals surface area (Å²) in [6.45, 7) is 4.15. The van der Waals surface area contributed by atoms with Gasteiger partial charge in [0, 0.05) is 30.7 Å². The van der Waals surface area contributed by atoms with Crippen molar-refractivity contribution in [3.05, 3.63) is 101 Å². The molecule has 4 atom stereocenters. The third-order valence-corrected chi connectivity index (χ3v) is 7.83. The predicted molar refractivity (Wildman–Crippen MR) is 149 cm³/mol. The Hall–Kier alpha value is -3.50. The summed E-state index contributed by atoms with van der Waals surface area (Å²) in [7, 11) is 0. The van der Waals surface area contributed by atoms with Crippen LogP contribution in [0.15, 0.2) is 84.3 Å². The average molecular weight is 545 g/mol. The molecule has 0 radical (unpaired) electrons. The lowest BCUT2D eigenvalue weighted by Crippen LogP contribution is -2.38. The molecule has 4 aromatic rings. The lowest BCUT2D eigenvalue weighted by molar-refractivity contribution is -0.268. The van der Waals surface area contributed by atoms with Gasteiger partial charge in [-0.05, 0) is 39.9 Å². The van der Waals surface area contributed by atoms with Crippen LogP contribution >= 0.6 is 11.8 Å². The first-order valence-electron chi connectivity index (χ1n) is 12.9. The fourth-order valence-corrected chi connectivity index (χ4v) is 5.63. The van der Waals surface area contributed by atoms with Crippen molar-refractivity contribution in [3.63, 3.8) is 0 Å². The third kappa shape index (κ3) is 6.75. The number of hydrogen-bond acceptors (Lipinski definition) is 7. The van der Waals surface area contributed by atoms with Crippen molar-refractivity contribution in [2.45, 2.75) is 50.7 Å². The average Bonchev–Trinajstić information content (AvgIpc) is 3.50. The van der Waals surface area contributed by atoms with Crippen LogP contribution in [0.2, 0.25) is 0 Å². The molecule has 0 spiro atoms. The molecule has 1 fully saturated rings. The van der Waals surface area contributed by atoms with Gasteiger partial charge in [-0.2, -0.15) is 5.10 Å². The van der Waals surface area contributed by atoms with Gasteiger partial charge in [0.15, 0.2) is 11.4 Å².